The maximum absolute atomic E-state index is 12.9. The van der Waals surface area contributed by atoms with Crippen LogP contribution in [0.3, 0.4) is 0 Å². The van der Waals surface area contributed by atoms with Gasteiger partial charge in [0.1, 0.15) is 12.9 Å². The molecular weight excluding hydrogens is 602 g/mol. The number of hydrogen-bond donors (Lipinski definition) is 2. The molecule has 8 nitrogen and oxygen atoms in total. The molecule has 1 fully saturated rings. The van der Waals surface area contributed by atoms with E-state index in [1.807, 2.05) is 115 Å². The topological polar surface area (TPSA) is 101 Å². The summed E-state index contributed by atoms with van der Waals surface area (Å²) in [5.41, 5.74) is 6.03. The van der Waals surface area contributed by atoms with E-state index < -0.39 is 12.2 Å². The Labute approximate surface area is 280 Å². The van der Waals surface area contributed by atoms with Crippen LogP contribution in [0.5, 0.6) is 0 Å². The van der Waals surface area contributed by atoms with Gasteiger partial charge in [0.15, 0.2) is 0 Å². The van der Waals surface area contributed by atoms with Gasteiger partial charge in [0.2, 0.25) is 0 Å². The highest BCUT2D eigenvalue weighted by Gasteiger charge is 2.32. The highest BCUT2D eigenvalue weighted by Crippen LogP contribution is 2.36. The van der Waals surface area contributed by atoms with Gasteiger partial charge in [-0.25, -0.2) is 9.59 Å². The molecule has 1 saturated carbocycles. The van der Waals surface area contributed by atoms with E-state index in [0.29, 0.717) is 36.9 Å². The van der Waals surface area contributed by atoms with Crippen molar-refractivity contribution < 1.29 is 24.2 Å². The number of aldehydes is 1. The van der Waals surface area contributed by atoms with Crippen LogP contribution in [0.25, 0.3) is 28.1 Å². The first-order valence-electron chi connectivity index (χ1n) is 16.4. The molecule has 48 heavy (non-hydrogen) atoms. The Morgan fingerprint density at radius 2 is 1.60 bits per heavy atom. The minimum Gasteiger partial charge on any atom is -0.465 e. The van der Waals surface area contributed by atoms with Crippen molar-refractivity contribution in [2.75, 3.05) is 4.90 Å². The van der Waals surface area contributed by atoms with Crippen LogP contribution < -0.4 is 10.2 Å². The Morgan fingerprint density at radius 1 is 0.875 bits per heavy atom. The minimum atomic E-state index is -0.996. The van der Waals surface area contributed by atoms with E-state index in [2.05, 4.69) is 16.0 Å². The lowest BCUT2D eigenvalue weighted by atomic mass is 9.89. The zero-order valence-electron chi connectivity index (χ0n) is 26.7. The number of nitrogens with zero attached hydrogens (tertiary/aromatic N) is 2. The lowest BCUT2D eigenvalue weighted by molar-refractivity contribution is 0.112. The van der Waals surface area contributed by atoms with Gasteiger partial charge in [0.05, 0.1) is 5.69 Å². The number of amides is 2. The number of carbonyl (C=O) groups excluding carboxylic acids is 2. The summed E-state index contributed by atoms with van der Waals surface area (Å²) in [6.07, 6.45) is 8.89. The summed E-state index contributed by atoms with van der Waals surface area (Å²) < 4.78 is 7.57. The van der Waals surface area contributed by atoms with Gasteiger partial charge >= 0.3 is 12.2 Å². The fourth-order valence-electron chi connectivity index (χ4n) is 6.50. The van der Waals surface area contributed by atoms with Crippen molar-refractivity contribution in [1.29, 1.82) is 0 Å². The second kappa shape index (κ2) is 15.3. The van der Waals surface area contributed by atoms with E-state index in [-0.39, 0.29) is 18.7 Å². The molecule has 1 aliphatic carbocycles. The molecule has 6 rings (SSSR count). The van der Waals surface area contributed by atoms with Crippen LogP contribution in [0, 0.1) is 0 Å². The second-order valence-electron chi connectivity index (χ2n) is 12.1. The molecular formula is C40H39N3O5. The van der Waals surface area contributed by atoms with Crippen molar-refractivity contribution in [1.82, 2.24) is 9.88 Å². The van der Waals surface area contributed by atoms with Gasteiger partial charge in [0, 0.05) is 46.9 Å². The first-order valence-corrected chi connectivity index (χ1v) is 16.4. The number of fused-ring (bicyclic) bond motifs is 1. The standard InChI is InChI=1S/C40H39N3O5/c44-27-31-15-21-37-33(25-31)22-24-42(37)23-8-7-9-29-14-20-36(32-12-5-2-6-13-32)38(26-29)43(40(46)47)35-18-16-34(17-19-35)41-39(45)48-28-30-10-3-1-4-11-30/h1-7,9-15,20-22,24-27,34-35H,8,16-19,23,28H2,(H,41,45)(H,46,47). The molecule has 1 aromatic heterocycles. The van der Waals surface area contributed by atoms with Crippen molar-refractivity contribution >= 4 is 41.1 Å². The van der Waals surface area contributed by atoms with Crippen molar-refractivity contribution in [3.63, 3.8) is 0 Å². The molecule has 0 spiro atoms. The summed E-state index contributed by atoms with van der Waals surface area (Å²) in [5.74, 6) is 0. The number of nitrogens with one attached hydrogen (secondary N) is 1. The largest absolute Gasteiger partial charge is 0.465 e. The maximum atomic E-state index is 12.9. The zero-order chi connectivity index (χ0) is 33.3. The van der Waals surface area contributed by atoms with Crippen molar-refractivity contribution in [2.45, 2.75) is 57.3 Å². The number of carbonyl (C=O) groups is 3. The minimum absolute atomic E-state index is 0.0764. The van der Waals surface area contributed by atoms with Crippen molar-refractivity contribution in [3.8, 4) is 11.1 Å². The molecule has 0 bridgehead atoms. The number of alkyl carbamates (subject to hydrolysis) is 1. The molecule has 2 amide bonds. The Balaban J connectivity index is 1.14. The summed E-state index contributed by atoms with van der Waals surface area (Å²) in [6, 6.07) is 32.8. The number of benzene rings is 4. The molecule has 8 heteroatoms. The van der Waals surface area contributed by atoms with Gasteiger partial charge < -0.3 is 19.7 Å². The van der Waals surface area contributed by atoms with Crippen molar-refractivity contribution in [3.05, 3.63) is 132 Å². The van der Waals surface area contributed by atoms with Crippen LogP contribution in [-0.2, 0) is 17.9 Å². The number of aromatic nitrogens is 1. The summed E-state index contributed by atoms with van der Waals surface area (Å²) in [4.78, 5) is 38.0. The van der Waals surface area contributed by atoms with E-state index in [4.69, 9.17) is 4.74 Å². The highest BCUT2D eigenvalue weighted by atomic mass is 16.5. The predicted octanol–water partition coefficient (Wildman–Crippen LogP) is 8.95. The molecule has 2 N–H and O–H groups in total. The summed E-state index contributed by atoms with van der Waals surface area (Å²) in [5, 5.41) is 14.6. The molecule has 5 aromatic rings. The lowest BCUT2D eigenvalue weighted by Crippen LogP contribution is -2.46. The molecule has 4 aromatic carbocycles. The van der Waals surface area contributed by atoms with Gasteiger partial charge in [-0.3, -0.25) is 9.69 Å². The quantitative estimate of drug-likeness (QED) is 0.140. The van der Waals surface area contributed by atoms with Crippen LogP contribution in [-0.4, -0.2) is 40.2 Å². The Morgan fingerprint density at radius 3 is 2.33 bits per heavy atom. The molecule has 0 aliphatic heterocycles. The third kappa shape index (κ3) is 7.83. The highest BCUT2D eigenvalue weighted by molar-refractivity contribution is 5.94. The molecule has 1 aliphatic rings. The molecule has 0 unspecified atom stereocenters. The summed E-state index contributed by atoms with van der Waals surface area (Å²) >= 11 is 0. The van der Waals surface area contributed by atoms with E-state index >= 15 is 0 Å². The lowest BCUT2D eigenvalue weighted by Gasteiger charge is -2.36. The molecule has 0 saturated heterocycles. The number of anilines is 1. The normalized spacial score (nSPS) is 16.1. The fourth-order valence-corrected chi connectivity index (χ4v) is 6.50. The molecule has 244 valence electrons. The van der Waals surface area contributed by atoms with Gasteiger partial charge in [0.25, 0.3) is 0 Å². The van der Waals surface area contributed by atoms with Gasteiger partial charge in [-0.05, 0) is 79.1 Å². The molecule has 0 radical (unpaired) electrons. The number of aryl methyl sites for hydroxylation is 1. The van der Waals surface area contributed by atoms with Crippen LogP contribution in [0.2, 0.25) is 0 Å². The number of hydrogen-bond acceptors (Lipinski definition) is 4. The first-order chi connectivity index (χ1) is 23.5. The van der Waals surface area contributed by atoms with Crippen LogP contribution in [0.1, 0.15) is 53.6 Å². The fraction of sp³-hybridized carbons (Fsp3) is 0.225. The second-order valence-corrected chi connectivity index (χ2v) is 12.1. The predicted molar refractivity (Wildman–Crippen MR) is 189 cm³/mol. The van der Waals surface area contributed by atoms with Gasteiger partial charge in [-0.15, -0.1) is 0 Å². The summed E-state index contributed by atoms with van der Waals surface area (Å²) in [6.45, 7) is 0.974. The van der Waals surface area contributed by atoms with Crippen molar-refractivity contribution in [2.24, 2.45) is 0 Å². The van der Waals surface area contributed by atoms with Crippen LogP contribution in [0.15, 0.2) is 115 Å². The summed E-state index contributed by atoms with van der Waals surface area (Å²) in [7, 11) is 0. The third-order valence-corrected chi connectivity index (χ3v) is 8.95. The molecule has 1 heterocycles. The Kier molecular flexibility index (Phi) is 10.3. The third-order valence-electron chi connectivity index (χ3n) is 8.95. The number of ether oxygens (including phenoxy) is 1. The van der Waals surface area contributed by atoms with E-state index in [1.54, 1.807) is 0 Å². The van der Waals surface area contributed by atoms with Gasteiger partial charge in [-0.2, -0.15) is 0 Å². The maximum Gasteiger partial charge on any atom is 0.412 e. The monoisotopic (exact) mass is 641 g/mol. The average Bonchev–Trinajstić information content (AvgIpc) is 3.53. The van der Waals surface area contributed by atoms with E-state index in [0.717, 1.165) is 52.4 Å². The first kappa shape index (κ1) is 32.3. The van der Waals surface area contributed by atoms with Crippen LogP contribution in [0.4, 0.5) is 15.3 Å². The number of rotatable bonds is 11. The Bertz CT molecular complexity index is 1890. The smallest absolute Gasteiger partial charge is 0.412 e. The molecule has 0 atom stereocenters. The van der Waals surface area contributed by atoms with Crippen LogP contribution >= 0.6 is 0 Å². The average molecular weight is 642 g/mol. The number of carboxylic acid groups (broad SMARTS) is 1. The number of allylic oxidation sites excluding steroid dienone is 1. The Hall–Kier alpha value is -5.63. The SMILES string of the molecule is O=Cc1ccc2c(ccn2CCC=Cc2ccc(-c3ccccc3)c(N(C(=O)O)C3CCC(NC(=O)OCc4ccccc4)CC3)c2)c1. The van der Waals surface area contributed by atoms with Gasteiger partial charge in [-0.1, -0.05) is 84.9 Å². The van der Waals surface area contributed by atoms with E-state index in [1.165, 1.54) is 4.90 Å². The van der Waals surface area contributed by atoms with E-state index in [9.17, 15) is 19.5 Å². The zero-order valence-corrected chi connectivity index (χ0v) is 26.7.